The van der Waals surface area contributed by atoms with Crippen LogP contribution in [0.15, 0.2) is 6.07 Å². The molecule has 1 aromatic rings. The van der Waals surface area contributed by atoms with Gasteiger partial charge in [-0.15, -0.1) is 0 Å². The minimum Gasteiger partial charge on any atom is -0.396 e. The lowest BCUT2D eigenvalue weighted by molar-refractivity contribution is 0.244. The number of nitrogens with zero attached hydrogens (tertiary/aromatic N) is 2. The third kappa shape index (κ3) is 3.90. The molecule has 6 heteroatoms. The summed E-state index contributed by atoms with van der Waals surface area (Å²) in [4.78, 5) is 8.09. The van der Waals surface area contributed by atoms with Crippen molar-refractivity contribution in [2.45, 2.75) is 13.8 Å². The maximum absolute atomic E-state index is 8.90. The Morgan fingerprint density at radius 1 is 1.38 bits per heavy atom. The third-order valence-electron chi connectivity index (χ3n) is 2.04. The molecule has 0 aliphatic rings. The molecule has 0 spiro atoms. The Morgan fingerprint density at radius 3 is 2.56 bits per heavy atom. The van der Waals surface area contributed by atoms with Crippen LogP contribution in [0.25, 0.3) is 0 Å². The molecule has 1 aromatic heterocycles. The Labute approximate surface area is 95.3 Å². The summed E-state index contributed by atoms with van der Waals surface area (Å²) in [6, 6.07) is 1.80. The second-order valence-corrected chi connectivity index (χ2v) is 3.70. The van der Waals surface area contributed by atoms with Gasteiger partial charge in [-0.1, -0.05) is 6.92 Å². The molecular formula is C10H19N5O. The normalized spacial score (nSPS) is 12.2. The number of rotatable bonds is 6. The molecule has 16 heavy (non-hydrogen) atoms. The highest BCUT2D eigenvalue weighted by Gasteiger charge is 2.03. The molecular weight excluding hydrogens is 206 g/mol. The first kappa shape index (κ1) is 12.5. The van der Waals surface area contributed by atoms with Crippen molar-refractivity contribution < 1.29 is 5.11 Å². The van der Waals surface area contributed by atoms with Crippen LogP contribution in [0.5, 0.6) is 0 Å². The van der Waals surface area contributed by atoms with Crippen molar-refractivity contribution >= 4 is 17.6 Å². The van der Waals surface area contributed by atoms with E-state index in [1.54, 1.807) is 6.07 Å². The summed E-state index contributed by atoms with van der Waals surface area (Å²) in [6.45, 7) is 5.51. The molecule has 90 valence electrons. The Balaban J connectivity index is 2.64. The lowest BCUT2D eigenvalue weighted by atomic mass is 10.2. The average Bonchev–Trinajstić information content (AvgIpc) is 2.25. The summed E-state index contributed by atoms with van der Waals surface area (Å²) in [5.41, 5.74) is 5.58. The molecule has 1 rings (SSSR count). The van der Waals surface area contributed by atoms with Gasteiger partial charge in [0.25, 0.3) is 0 Å². The first-order valence-electron chi connectivity index (χ1n) is 5.38. The van der Waals surface area contributed by atoms with Crippen LogP contribution in [-0.4, -0.2) is 34.8 Å². The van der Waals surface area contributed by atoms with E-state index < -0.39 is 0 Å². The van der Waals surface area contributed by atoms with Gasteiger partial charge in [0, 0.05) is 25.8 Å². The minimum atomic E-state index is 0.146. The third-order valence-corrected chi connectivity index (χ3v) is 2.04. The summed E-state index contributed by atoms with van der Waals surface area (Å²) >= 11 is 0. The van der Waals surface area contributed by atoms with Gasteiger partial charge in [-0.25, -0.2) is 0 Å². The van der Waals surface area contributed by atoms with E-state index in [0.717, 1.165) is 6.54 Å². The van der Waals surface area contributed by atoms with Gasteiger partial charge in [0.05, 0.1) is 0 Å². The van der Waals surface area contributed by atoms with E-state index in [4.69, 9.17) is 10.8 Å². The van der Waals surface area contributed by atoms with Crippen molar-refractivity contribution in [2.24, 2.45) is 5.92 Å². The van der Waals surface area contributed by atoms with Crippen molar-refractivity contribution in [1.29, 1.82) is 0 Å². The number of aliphatic hydroxyl groups is 1. The van der Waals surface area contributed by atoms with Gasteiger partial charge in [-0.3, -0.25) is 0 Å². The second kappa shape index (κ2) is 6.12. The fourth-order valence-electron chi connectivity index (χ4n) is 1.17. The second-order valence-electron chi connectivity index (χ2n) is 3.70. The van der Waals surface area contributed by atoms with Gasteiger partial charge >= 0.3 is 0 Å². The molecule has 0 aromatic carbocycles. The van der Waals surface area contributed by atoms with Crippen LogP contribution >= 0.6 is 0 Å². The van der Waals surface area contributed by atoms with Crippen LogP contribution in [0.1, 0.15) is 13.8 Å². The van der Waals surface area contributed by atoms with E-state index in [9.17, 15) is 0 Å². The van der Waals surface area contributed by atoms with Crippen LogP contribution in [0.2, 0.25) is 0 Å². The maximum atomic E-state index is 8.90. The van der Waals surface area contributed by atoms with Gasteiger partial charge < -0.3 is 21.5 Å². The monoisotopic (exact) mass is 225 g/mol. The smallest absolute Gasteiger partial charge is 0.223 e. The van der Waals surface area contributed by atoms with Crippen LogP contribution in [-0.2, 0) is 0 Å². The zero-order valence-electron chi connectivity index (χ0n) is 9.70. The molecule has 5 N–H and O–H groups in total. The molecule has 0 radical (unpaired) electrons. The van der Waals surface area contributed by atoms with Gasteiger partial charge in [0.15, 0.2) is 0 Å². The highest BCUT2D eigenvalue weighted by Crippen LogP contribution is 2.12. The highest BCUT2D eigenvalue weighted by molar-refractivity contribution is 5.50. The van der Waals surface area contributed by atoms with Crippen LogP contribution < -0.4 is 16.4 Å². The lowest BCUT2D eigenvalue weighted by Crippen LogP contribution is -2.16. The van der Waals surface area contributed by atoms with Gasteiger partial charge in [0.2, 0.25) is 5.95 Å². The molecule has 0 saturated heterocycles. The molecule has 0 saturated carbocycles. The molecule has 1 heterocycles. The Kier molecular flexibility index (Phi) is 4.78. The number of anilines is 3. The highest BCUT2D eigenvalue weighted by atomic mass is 16.3. The number of aliphatic hydroxyl groups excluding tert-OH is 1. The molecule has 0 amide bonds. The molecule has 1 atom stereocenters. The van der Waals surface area contributed by atoms with Crippen molar-refractivity contribution in [3.63, 3.8) is 0 Å². The molecule has 0 aliphatic heterocycles. The number of aromatic nitrogens is 2. The van der Waals surface area contributed by atoms with Gasteiger partial charge in [-0.05, 0) is 12.8 Å². The van der Waals surface area contributed by atoms with Crippen molar-refractivity contribution in [1.82, 2.24) is 9.97 Å². The molecule has 1 unspecified atom stereocenters. The standard InChI is InChI=1S/C10H19N5O/c1-3-12-8-4-9(15-10(11)14-8)13-5-7(2)6-16/h4,7,16H,3,5-6H2,1-2H3,(H4,11,12,13,14,15). The number of nitrogens with two attached hydrogens (primary N) is 1. The molecule has 0 bridgehead atoms. The van der Waals surface area contributed by atoms with E-state index in [-0.39, 0.29) is 18.5 Å². The number of hydrogen-bond donors (Lipinski definition) is 4. The average molecular weight is 225 g/mol. The predicted octanol–water partition coefficient (Wildman–Crippen LogP) is 0.531. The van der Waals surface area contributed by atoms with E-state index in [0.29, 0.717) is 18.2 Å². The SMILES string of the molecule is CCNc1cc(NCC(C)CO)nc(N)n1. The number of hydrogen-bond acceptors (Lipinski definition) is 6. The largest absolute Gasteiger partial charge is 0.396 e. The Morgan fingerprint density at radius 2 is 2.00 bits per heavy atom. The summed E-state index contributed by atoms with van der Waals surface area (Å²) < 4.78 is 0. The van der Waals surface area contributed by atoms with Gasteiger partial charge in [0.1, 0.15) is 11.6 Å². The molecule has 6 nitrogen and oxygen atoms in total. The Hall–Kier alpha value is -1.56. The number of nitrogen functional groups attached to an aromatic ring is 1. The zero-order chi connectivity index (χ0) is 12.0. The van der Waals surface area contributed by atoms with E-state index in [1.165, 1.54) is 0 Å². The van der Waals surface area contributed by atoms with E-state index >= 15 is 0 Å². The maximum Gasteiger partial charge on any atom is 0.223 e. The van der Waals surface area contributed by atoms with Crippen LogP contribution in [0.3, 0.4) is 0 Å². The van der Waals surface area contributed by atoms with Crippen LogP contribution in [0.4, 0.5) is 17.6 Å². The Bertz CT molecular complexity index is 331. The summed E-state index contributed by atoms with van der Waals surface area (Å²) in [7, 11) is 0. The lowest BCUT2D eigenvalue weighted by Gasteiger charge is -2.11. The van der Waals surface area contributed by atoms with E-state index in [1.807, 2.05) is 13.8 Å². The van der Waals surface area contributed by atoms with Gasteiger partial charge in [-0.2, -0.15) is 9.97 Å². The van der Waals surface area contributed by atoms with Crippen molar-refractivity contribution in [3.05, 3.63) is 6.07 Å². The van der Waals surface area contributed by atoms with E-state index in [2.05, 4.69) is 20.6 Å². The predicted molar refractivity (Wildman–Crippen MR) is 65.3 cm³/mol. The van der Waals surface area contributed by atoms with Crippen molar-refractivity contribution in [2.75, 3.05) is 36.1 Å². The van der Waals surface area contributed by atoms with Crippen LogP contribution in [0, 0.1) is 5.92 Å². The quantitative estimate of drug-likeness (QED) is 0.564. The fourth-order valence-corrected chi connectivity index (χ4v) is 1.17. The molecule has 0 aliphatic carbocycles. The molecule has 0 fully saturated rings. The first-order chi connectivity index (χ1) is 7.65. The minimum absolute atomic E-state index is 0.146. The zero-order valence-corrected chi connectivity index (χ0v) is 9.70. The fraction of sp³-hybridized carbons (Fsp3) is 0.600. The van der Waals surface area contributed by atoms with Crippen molar-refractivity contribution in [3.8, 4) is 0 Å². The summed E-state index contributed by atoms with van der Waals surface area (Å²) in [5.74, 6) is 1.79. The summed E-state index contributed by atoms with van der Waals surface area (Å²) in [5, 5.41) is 15.1. The topological polar surface area (TPSA) is 96.1 Å². The first-order valence-corrected chi connectivity index (χ1v) is 5.38. The summed E-state index contributed by atoms with van der Waals surface area (Å²) in [6.07, 6.45) is 0. The number of nitrogens with one attached hydrogen (secondary N) is 2.